The predicted molar refractivity (Wildman–Crippen MR) is 32.6 cm³/mol. The van der Waals surface area contributed by atoms with Crippen LogP contribution >= 0.6 is 11.8 Å². The van der Waals surface area contributed by atoms with Gasteiger partial charge >= 0.3 is 5.97 Å². The minimum absolute atomic E-state index is 0.183. The minimum atomic E-state index is -0.183. The fourth-order valence-electron chi connectivity index (χ4n) is 0.514. The lowest BCUT2D eigenvalue weighted by Gasteiger charge is -1.89. The summed E-state index contributed by atoms with van der Waals surface area (Å²) in [4.78, 5) is 11.2. The zero-order chi connectivity index (χ0) is 5.98. The van der Waals surface area contributed by atoms with Crippen molar-refractivity contribution >= 4 is 17.7 Å². The lowest BCUT2D eigenvalue weighted by Crippen LogP contribution is -1.95. The summed E-state index contributed by atoms with van der Waals surface area (Å²) in [6.45, 7) is 0.453. The van der Waals surface area contributed by atoms with E-state index < -0.39 is 0 Å². The Morgan fingerprint density at radius 2 is 2.62 bits per heavy atom. The molecule has 0 radical (unpaired) electrons. The van der Waals surface area contributed by atoms with Crippen molar-refractivity contribution in [2.24, 2.45) is 0 Å². The molecule has 0 aliphatic carbocycles. The molecule has 0 atom stereocenters. The van der Waals surface area contributed by atoms with Crippen LogP contribution in [0.3, 0.4) is 0 Å². The monoisotopic (exact) mass is 130 g/mol. The van der Waals surface area contributed by atoms with Gasteiger partial charge in [0, 0.05) is 0 Å². The number of hydrogen-bond acceptors (Lipinski definition) is 3. The number of hydrogen-bond donors (Lipinski definition) is 0. The molecule has 0 amide bonds. The number of cyclic esters (lactones) is 1. The van der Waals surface area contributed by atoms with Crippen molar-refractivity contribution in [2.75, 3.05) is 12.9 Å². The number of thioether (sulfide) groups is 1. The zero-order valence-corrected chi connectivity index (χ0v) is 5.33. The molecule has 3 heteroatoms. The second-order valence-electron chi connectivity index (χ2n) is 1.37. The molecule has 0 aromatic carbocycles. The van der Waals surface area contributed by atoms with Gasteiger partial charge in [-0.25, -0.2) is 4.79 Å². The maximum absolute atomic E-state index is 10.5. The molecule has 0 aromatic heterocycles. The van der Waals surface area contributed by atoms with Crippen LogP contribution in [0.1, 0.15) is 0 Å². The number of carbonyl (C=O) groups excluding carboxylic acids is 1. The first-order valence-electron chi connectivity index (χ1n) is 2.26. The van der Waals surface area contributed by atoms with Crippen LogP contribution in [0.4, 0.5) is 0 Å². The minimum Gasteiger partial charge on any atom is -0.457 e. The molecule has 44 valence electrons. The second-order valence-corrected chi connectivity index (χ2v) is 2.22. The predicted octanol–water partition coefficient (Wildman–Crippen LogP) is 0.790. The van der Waals surface area contributed by atoms with E-state index in [0.717, 1.165) is 4.91 Å². The van der Waals surface area contributed by atoms with Gasteiger partial charge in [-0.2, -0.15) is 0 Å². The van der Waals surface area contributed by atoms with E-state index in [2.05, 4.69) is 4.74 Å². The van der Waals surface area contributed by atoms with Gasteiger partial charge in [0.1, 0.15) is 6.61 Å². The quantitative estimate of drug-likeness (QED) is 0.491. The summed E-state index contributed by atoms with van der Waals surface area (Å²) in [6.07, 6.45) is 3.64. The van der Waals surface area contributed by atoms with E-state index in [-0.39, 0.29) is 5.97 Å². The molecule has 1 rings (SSSR count). The van der Waals surface area contributed by atoms with Crippen LogP contribution in [-0.2, 0) is 9.53 Å². The van der Waals surface area contributed by atoms with Crippen LogP contribution in [0, 0.1) is 0 Å². The van der Waals surface area contributed by atoms with Crippen LogP contribution in [0.15, 0.2) is 11.0 Å². The highest BCUT2D eigenvalue weighted by molar-refractivity contribution is 8.03. The molecule has 0 fully saturated rings. The average Bonchev–Trinajstić information content (AvgIpc) is 2.14. The molecular formula is C5H6O2S. The van der Waals surface area contributed by atoms with Gasteiger partial charge in [0.05, 0.1) is 4.91 Å². The van der Waals surface area contributed by atoms with Crippen molar-refractivity contribution in [3.8, 4) is 0 Å². The van der Waals surface area contributed by atoms with Crippen LogP contribution in [0.5, 0.6) is 0 Å². The molecule has 1 aliphatic heterocycles. The molecule has 1 heterocycles. The van der Waals surface area contributed by atoms with E-state index in [0.29, 0.717) is 6.61 Å². The molecule has 0 bridgehead atoms. The van der Waals surface area contributed by atoms with Gasteiger partial charge in [-0.1, -0.05) is 0 Å². The van der Waals surface area contributed by atoms with Crippen molar-refractivity contribution in [1.82, 2.24) is 0 Å². The third-order valence-corrected chi connectivity index (χ3v) is 1.68. The Morgan fingerprint density at radius 1 is 1.88 bits per heavy atom. The molecule has 0 unspecified atom stereocenters. The van der Waals surface area contributed by atoms with Crippen molar-refractivity contribution in [3.63, 3.8) is 0 Å². The summed E-state index contributed by atoms with van der Waals surface area (Å²) in [5, 5.41) is 0. The van der Waals surface area contributed by atoms with Crippen LogP contribution in [-0.4, -0.2) is 18.8 Å². The van der Waals surface area contributed by atoms with E-state index in [1.165, 1.54) is 11.8 Å². The maximum atomic E-state index is 10.5. The van der Waals surface area contributed by atoms with E-state index in [4.69, 9.17) is 0 Å². The molecule has 1 aliphatic rings. The molecule has 2 nitrogen and oxygen atoms in total. The number of rotatable bonds is 1. The second kappa shape index (κ2) is 2.22. The van der Waals surface area contributed by atoms with Crippen molar-refractivity contribution < 1.29 is 9.53 Å². The number of carbonyl (C=O) groups is 1. The summed E-state index contributed by atoms with van der Waals surface area (Å²) >= 11 is 1.43. The van der Waals surface area contributed by atoms with Crippen LogP contribution in [0.2, 0.25) is 0 Å². The fraction of sp³-hybridized carbons (Fsp3) is 0.400. The van der Waals surface area contributed by atoms with Crippen molar-refractivity contribution in [3.05, 3.63) is 11.0 Å². The molecule has 0 spiro atoms. The maximum Gasteiger partial charge on any atom is 0.344 e. The van der Waals surface area contributed by atoms with Crippen LogP contribution in [0.25, 0.3) is 0 Å². The van der Waals surface area contributed by atoms with Crippen molar-refractivity contribution in [2.45, 2.75) is 0 Å². The number of esters is 1. The Hall–Kier alpha value is -0.440. The average molecular weight is 130 g/mol. The third-order valence-electron chi connectivity index (χ3n) is 0.904. The van der Waals surface area contributed by atoms with E-state index in [9.17, 15) is 4.79 Å². The fourth-order valence-corrected chi connectivity index (χ4v) is 0.974. The summed E-state index contributed by atoms with van der Waals surface area (Å²) in [5.74, 6) is -0.183. The van der Waals surface area contributed by atoms with E-state index >= 15 is 0 Å². The standard InChI is InChI=1S/C5H6O2S/c1-8-4-2-3-7-5(4)6/h2H,3H2,1H3. The van der Waals surface area contributed by atoms with E-state index in [1.807, 2.05) is 6.26 Å². The highest BCUT2D eigenvalue weighted by atomic mass is 32.2. The Balaban J connectivity index is 2.62. The lowest BCUT2D eigenvalue weighted by atomic mass is 10.6. The van der Waals surface area contributed by atoms with Gasteiger partial charge in [0.15, 0.2) is 0 Å². The third kappa shape index (κ3) is 0.865. The van der Waals surface area contributed by atoms with Gasteiger partial charge in [0.25, 0.3) is 0 Å². The topological polar surface area (TPSA) is 26.3 Å². The molecule has 0 saturated heterocycles. The summed E-state index contributed by atoms with van der Waals surface area (Å²) in [5.41, 5.74) is 0. The number of ether oxygens (including phenoxy) is 1. The first-order chi connectivity index (χ1) is 3.84. The summed E-state index contributed by atoms with van der Waals surface area (Å²) in [6, 6.07) is 0. The Kier molecular flexibility index (Phi) is 1.58. The lowest BCUT2D eigenvalue weighted by molar-refractivity contribution is -0.135. The van der Waals surface area contributed by atoms with Gasteiger partial charge in [-0.05, 0) is 12.3 Å². The van der Waals surface area contributed by atoms with Gasteiger partial charge in [-0.15, -0.1) is 11.8 Å². The van der Waals surface area contributed by atoms with E-state index in [1.54, 1.807) is 6.08 Å². The first-order valence-corrected chi connectivity index (χ1v) is 3.48. The van der Waals surface area contributed by atoms with Gasteiger partial charge < -0.3 is 4.74 Å². The highest BCUT2D eigenvalue weighted by Crippen LogP contribution is 2.17. The summed E-state index contributed by atoms with van der Waals surface area (Å²) < 4.78 is 4.60. The smallest absolute Gasteiger partial charge is 0.344 e. The molecule has 0 aromatic rings. The molecule has 0 N–H and O–H groups in total. The first kappa shape index (κ1) is 5.69. The van der Waals surface area contributed by atoms with Gasteiger partial charge in [0.2, 0.25) is 0 Å². The molecule has 0 saturated carbocycles. The summed E-state index contributed by atoms with van der Waals surface area (Å²) in [7, 11) is 0. The highest BCUT2D eigenvalue weighted by Gasteiger charge is 2.13. The molecular weight excluding hydrogens is 124 g/mol. The Bertz CT molecular complexity index is 139. The Labute approximate surface area is 51.9 Å². The van der Waals surface area contributed by atoms with Crippen molar-refractivity contribution in [1.29, 1.82) is 0 Å². The Morgan fingerprint density at radius 3 is 2.88 bits per heavy atom. The normalized spacial score (nSPS) is 18.1. The zero-order valence-electron chi connectivity index (χ0n) is 4.51. The van der Waals surface area contributed by atoms with Gasteiger partial charge in [-0.3, -0.25) is 0 Å². The largest absolute Gasteiger partial charge is 0.457 e. The SMILES string of the molecule is CSC1=CCOC1=O. The van der Waals surface area contributed by atoms with Crippen LogP contribution < -0.4 is 0 Å². The molecule has 8 heavy (non-hydrogen) atoms.